The number of benzene rings is 2. The molecule has 0 radical (unpaired) electrons. The fraction of sp³-hybridized carbons (Fsp3) is 0.227. The largest absolute Gasteiger partial charge is 0.274 e. The summed E-state index contributed by atoms with van der Waals surface area (Å²) in [5.74, 6) is 1.36. The molecule has 0 aliphatic carbocycles. The number of aryl methyl sites for hydroxylation is 2. The maximum absolute atomic E-state index is 13.0. The van der Waals surface area contributed by atoms with Crippen molar-refractivity contribution in [3.63, 3.8) is 0 Å². The number of amides is 1. The molecule has 0 spiro atoms. The van der Waals surface area contributed by atoms with Gasteiger partial charge in [-0.3, -0.25) is 9.69 Å². The molecule has 1 amide bonds. The van der Waals surface area contributed by atoms with Gasteiger partial charge >= 0.3 is 0 Å². The SMILES string of the molecule is Cc1ccc(N2C(=O)C(C)Cc3c(C)nc(-c4ccccc4)nc32)cc1. The molecule has 0 N–H and O–H groups in total. The summed E-state index contributed by atoms with van der Waals surface area (Å²) in [5, 5.41) is 0. The molecule has 2 heterocycles. The molecule has 4 nitrogen and oxygen atoms in total. The third-order valence-corrected chi connectivity index (χ3v) is 4.88. The van der Waals surface area contributed by atoms with Gasteiger partial charge < -0.3 is 0 Å². The molecule has 130 valence electrons. The number of nitrogens with zero attached hydrogens (tertiary/aromatic N) is 3. The zero-order chi connectivity index (χ0) is 18.3. The van der Waals surface area contributed by atoms with E-state index in [9.17, 15) is 4.79 Å². The first-order chi connectivity index (χ1) is 12.5. The molecule has 4 heteroatoms. The molecular weight excluding hydrogens is 322 g/mol. The fourth-order valence-electron chi connectivity index (χ4n) is 3.38. The Kier molecular flexibility index (Phi) is 4.03. The molecule has 1 aliphatic heterocycles. The Balaban J connectivity index is 1.91. The van der Waals surface area contributed by atoms with Crippen LogP contribution < -0.4 is 4.90 Å². The fourth-order valence-corrected chi connectivity index (χ4v) is 3.38. The highest BCUT2D eigenvalue weighted by atomic mass is 16.2. The second-order valence-electron chi connectivity index (χ2n) is 6.92. The summed E-state index contributed by atoms with van der Waals surface area (Å²) in [6.45, 7) is 6.01. The van der Waals surface area contributed by atoms with Crippen LogP contribution in [0.25, 0.3) is 11.4 Å². The van der Waals surface area contributed by atoms with E-state index < -0.39 is 0 Å². The van der Waals surface area contributed by atoms with E-state index in [1.54, 1.807) is 4.90 Å². The quantitative estimate of drug-likeness (QED) is 0.682. The third kappa shape index (κ3) is 2.77. The highest BCUT2D eigenvalue weighted by Gasteiger charge is 2.34. The van der Waals surface area contributed by atoms with E-state index in [1.807, 2.05) is 75.4 Å². The number of carbonyl (C=O) groups is 1. The molecule has 0 saturated heterocycles. The Morgan fingerprint density at radius 2 is 1.65 bits per heavy atom. The molecule has 26 heavy (non-hydrogen) atoms. The zero-order valence-electron chi connectivity index (χ0n) is 15.2. The molecular formula is C22H21N3O. The van der Waals surface area contributed by atoms with Crippen molar-refractivity contribution in [1.29, 1.82) is 0 Å². The van der Waals surface area contributed by atoms with Gasteiger partial charge in [-0.05, 0) is 32.4 Å². The lowest BCUT2D eigenvalue weighted by Gasteiger charge is -2.32. The Morgan fingerprint density at radius 3 is 2.35 bits per heavy atom. The minimum absolute atomic E-state index is 0.0819. The average Bonchev–Trinajstić information content (AvgIpc) is 2.65. The lowest BCUT2D eigenvalue weighted by atomic mass is 9.93. The minimum Gasteiger partial charge on any atom is -0.274 e. The van der Waals surface area contributed by atoms with Crippen molar-refractivity contribution in [2.45, 2.75) is 27.2 Å². The lowest BCUT2D eigenvalue weighted by Crippen LogP contribution is -2.38. The molecule has 1 unspecified atom stereocenters. The summed E-state index contributed by atoms with van der Waals surface area (Å²) in [6, 6.07) is 17.9. The first-order valence-electron chi connectivity index (χ1n) is 8.88. The van der Waals surface area contributed by atoms with Gasteiger partial charge in [0.25, 0.3) is 0 Å². The number of rotatable bonds is 2. The number of anilines is 2. The van der Waals surface area contributed by atoms with Gasteiger partial charge in [0.05, 0.1) is 5.69 Å². The van der Waals surface area contributed by atoms with Crippen LogP contribution in [0.4, 0.5) is 11.5 Å². The van der Waals surface area contributed by atoms with Gasteiger partial charge in [0, 0.05) is 22.7 Å². The van der Waals surface area contributed by atoms with Crippen LogP contribution in [0.5, 0.6) is 0 Å². The molecule has 1 aliphatic rings. The van der Waals surface area contributed by atoms with Gasteiger partial charge in [0.1, 0.15) is 5.82 Å². The Hall–Kier alpha value is -3.01. The van der Waals surface area contributed by atoms with Crippen molar-refractivity contribution < 1.29 is 4.79 Å². The van der Waals surface area contributed by atoms with Crippen LogP contribution in [-0.4, -0.2) is 15.9 Å². The highest BCUT2D eigenvalue weighted by Crippen LogP contribution is 2.37. The summed E-state index contributed by atoms with van der Waals surface area (Å²) in [6.07, 6.45) is 0.678. The predicted molar refractivity (Wildman–Crippen MR) is 103 cm³/mol. The number of hydrogen-bond acceptors (Lipinski definition) is 3. The van der Waals surface area contributed by atoms with E-state index in [4.69, 9.17) is 9.97 Å². The maximum atomic E-state index is 13.0. The molecule has 0 saturated carbocycles. The summed E-state index contributed by atoms with van der Waals surface area (Å²) < 4.78 is 0. The summed E-state index contributed by atoms with van der Waals surface area (Å²) in [4.78, 5) is 24.3. The maximum Gasteiger partial charge on any atom is 0.235 e. The van der Waals surface area contributed by atoms with Crippen molar-refractivity contribution in [2.75, 3.05) is 4.90 Å². The van der Waals surface area contributed by atoms with Crippen LogP contribution >= 0.6 is 0 Å². The van der Waals surface area contributed by atoms with Crippen molar-refractivity contribution >= 4 is 17.4 Å². The average molecular weight is 343 g/mol. The Labute approximate surface area is 153 Å². The Morgan fingerprint density at radius 1 is 0.962 bits per heavy atom. The standard InChI is InChI=1S/C22H21N3O/c1-14-9-11-18(12-10-14)25-21-19(13-15(2)22(25)26)16(3)23-20(24-21)17-7-5-4-6-8-17/h4-12,15H,13H2,1-3H3. The van der Waals surface area contributed by atoms with Crippen LogP contribution in [0.3, 0.4) is 0 Å². The van der Waals surface area contributed by atoms with Gasteiger partial charge in [-0.15, -0.1) is 0 Å². The van der Waals surface area contributed by atoms with E-state index in [0.717, 1.165) is 28.1 Å². The zero-order valence-corrected chi connectivity index (χ0v) is 15.2. The van der Waals surface area contributed by atoms with E-state index in [2.05, 4.69) is 0 Å². The monoisotopic (exact) mass is 343 g/mol. The number of carbonyl (C=O) groups excluding carboxylic acids is 1. The highest BCUT2D eigenvalue weighted by molar-refractivity contribution is 6.03. The normalized spacial score (nSPS) is 16.5. The van der Waals surface area contributed by atoms with Crippen LogP contribution in [-0.2, 0) is 11.2 Å². The van der Waals surface area contributed by atoms with Crippen LogP contribution in [0.15, 0.2) is 54.6 Å². The molecule has 2 aromatic carbocycles. The lowest BCUT2D eigenvalue weighted by molar-refractivity contribution is -0.121. The minimum atomic E-state index is -0.0892. The second kappa shape index (κ2) is 6.37. The van der Waals surface area contributed by atoms with Crippen LogP contribution in [0.1, 0.15) is 23.7 Å². The predicted octanol–water partition coefficient (Wildman–Crippen LogP) is 4.62. The van der Waals surface area contributed by atoms with E-state index >= 15 is 0 Å². The number of fused-ring (bicyclic) bond motifs is 1. The van der Waals surface area contributed by atoms with Crippen molar-refractivity contribution in [3.05, 3.63) is 71.4 Å². The van der Waals surface area contributed by atoms with Crippen molar-refractivity contribution in [3.8, 4) is 11.4 Å². The summed E-state index contributed by atoms with van der Waals surface area (Å²) in [5.41, 5.74) is 4.96. The third-order valence-electron chi connectivity index (χ3n) is 4.88. The molecule has 1 atom stereocenters. The Bertz CT molecular complexity index is 965. The van der Waals surface area contributed by atoms with Gasteiger partial charge in [-0.2, -0.15) is 0 Å². The van der Waals surface area contributed by atoms with Gasteiger partial charge in [-0.1, -0.05) is 55.0 Å². The van der Waals surface area contributed by atoms with E-state index in [0.29, 0.717) is 18.1 Å². The van der Waals surface area contributed by atoms with Crippen molar-refractivity contribution in [1.82, 2.24) is 9.97 Å². The first kappa shape index (κ1) is 16.5. The topological polar surface area (TPSA) is 46.1 Å². The number of hydrogen-bond donors (Lipinski definition) is 0. The van der Waals surface area contributed by atoms with Gasteiger partial charge in [0.15, 0.2) is 5.82 Å². The smallest absolute Gasteiger partial charge is 0.235 e. The molecule has 1 aromatic heterocycles. The molecule has 4 rings (SSSR count). The van der Waals surface area contributed by atoms with E-state index in [-0.39, 0.29) is 11.8 Å². The first-order valence-corrected chi connectivity index (χ1v) is 8.88. The number of aromatic nitrogens is 2. The van der Waals surface area contributed by atoms with Crippen molar-refractivity contribution in [2.24, 2.45) is 5.92 Å². The molecule has 0 bridgehead atoms. The van der Waals surface area contributed by atoms with E-state index in [1.165, 1.54) is 0 Å². The van der Waals surface area contributed by atoms with Gasteiger partial charge in [-0.25, -0.2) is 9.97 Å². The summed E-state index contributed by atoms with van der Waals surface area (Å²) in [7, 11) is 0. The van der Waals surface area contributed by atoms with Crippen LogP contribution in [0.2, 0.25) is 0 Å². The summed E-state index contributed by atoms with van der Waals surface area (Å²) >= 11 is 0. The van der Waals surface area contributed by atoms with Gasteiger partial charge in [0.2, 0.25) is 5.91 Å². The van der Waals surface area contributed by atoms with Crippen LogP contribution in [0, 0.1) is 19.8 Å². The second-order valence-corrected chi connectivity index (χ2v) is 6.92. The molecule has 0 fully saturated rings. The molecule has 3 aromatic rings.